The van der Waals surface area contributed by atoms with Crippen LogP contribution in [0.1, 0.15) is 28.8 Å². The van der Waals surface area contributed by atoms with E-state index in [1.807, 2.05) is 0 Å². The van der Waals surface area contributed by atoms with Crippen molar-refractivity contribution < 1.29 is 24.6 Å². The number of nitrogens with one attached hydrogen (secondary N) is 1. The van der Waals surface area contributed by atoms with Gasteiger partial charge in [0, 0.05) is 17.7 Å². The highest BCUT2D eigenvalue weighted by Gasteiger charge is 2.21. The van der Waals surface area contributed by atoms with Crippen molar-refractivity contribution in [2.45, 2.75) is 25.8 Å². The minimum atomic E-state index is -1.28. The van der Waals surface area contributed by atoms with E-state index in [0.29, 0.717) is 5.69 Å². The van der Waals surface area contributed by atoms with Gasteiger partial charge < -0.3 is 21.3 Å². The number of carbonyl (C=O) groups is 3. The highest BCUT2D eigenvalue weighted by Crippen LogP contribution is 2.13. The number of benzene rings is 1. The number of carboxylic acids is 2. The summed E-state index contributed by atoms with van der Waals surface area (Å²) < 4.78 is 0. The Morgan fingerprint density at radius 1 is 1.30 bits per heavy atom. The Bertz CT molecular complexity index is 542. The minimum Gasteiger partial charge on any atom is -0.481 e. The average molecular weight is 280 g/mol. The number of anilines is 1. The van der Waals surface area contributed by atoms with Gasteiger partial charge in [-0.15, -0.1) is 0 Å². The van der Waals surface area contributed by atoms with E-state index in [0.717, 1.165) is 5.56 Å². The molecule has 1 unspecified atom stereocenters. The van der Waals surface area contributed by atoms with E-state index >= 15 is 0 Å². The molecule has 0 spiro atoms. The van der Waals surface area contributed by atoms with Crippen LogP contribution in [0.4, 0.5) is 5.69 Å². The molecule has 0 aliphatic heterocycles. The van der Waals surface area contributed by atoms with E-state index in [9.17, 15) is 14.4 Å². The van der Waals surface area contributed by atoms with Crippen molar-refractivity contribution in [2.75, 3.05) is 5.73 Å². The third-order valence-electron chi connectivity index (χ3n) is 2.79. The van der Waals surface area contributed by atoms with Gasteiger partial charge in [-0.05, 0) is 31.0 Å². The quantitative estimate of drug-likeness (QED) is 0.565. The number of nitrogens with two attached hydrogens (primary N) is 1. The maximum atomic E-state index is 11.9. The van der Waals surface area contributed by atoms with Crippen molar-refractivity contribution in [3.05, 3.63) is 29.3 Å². The van der Waals surface area contributed by atoms with E-state index in [1.54, 1.807) is 13.0 Å². The molecule has 0 saturated heterocycles. The number of rotatable bonds is 6. The van der Waals surface area contributed by atoms with Crippen LogP contribution < -0.4 is 11.1 Å². The second-order valence-electron chi connectivity index (χ2n) is 4.37. The Morgan fingerprint density at radius 3 is 2.45 bits per heavy atom. The summed E-state index contributed by atoms with van der Waals surface area (Å²) in [5, 5.41) is 19.8. The van der Waals surface area contributed by atoms with Gasteiger partial charge >= 0.3 is 11.9 Å². The van der Waals surface area contributed by atoms with Crippen LogP contribution in [-0.2, 0) is 9.59 Å². The molecule has 0 bridgehead atoms. The van der Waals surface area contributed by atoms with Crippen molar-refractivity contribution in [1.29, 1.82) is 0 Å². The molecule has 1 aromatic carbocycles. The fraction of sp³-hybridized carbons (Fsp3) is 0.308. The van der Waals surface area contributed by atoms with Gasteiger partial charge in [0.05, 0.1) is 0 Å². The first-order valence-electron chi connectivity index (χ1n) is 5.93. The second-order valence-corrected chi connectivity index (χ2v) is 4.37. The Hall–Kier alpha value is -2.57. The minimum absolute atomic E-state index is 0.183. The van der Waals surface area contributed by atoms with Crippen molar-refractivity contribution in [1.82, 2.24) is 5.32 Å². The highest BCUT2D eigenvalue weighted by atomic mass is 16.4. The zero-order valence-corrected chi connectivity index (χ0v) is 10.9. The van der Waals surface area contributed by atoms with Crippen LogP contribution in [0, 0.1) is 6.92 Å². The third-order valence-corrected chi connectivity index (χ3v) is 2.79. The first kappa shape index (κ1) is 15.5. The molecular weight excluding hydrogens is 264 g/mol. The molecule has 1 rings (SSSR count). The summed E-state index contributed by atoms with van der Waals surface area (Å²) in [4.78, 5) is 33.3. The van der Waals surface area contributed by atoms with Crippen molar-refractivity contribution in [3.63, 3.8) is 0 Å². The van der Waals surface area contributed by atoms with Crippen molar-refractivity contribution in [2.24, 2.45) is 0 Å². The van der Waals surface area contributed by atoms with Gasteiger partial charge in [-0.3, -0.25) is 9.59 Å². The number of aryl methyl sites for hydroxylation is 1. The molecule has 1 aromatic rings. The zero-order valence-electron chi connectivity index (χ0n) is 10.9. The Labute approximate surface area is 115 Å². The third kappa shape index (κ3) is 4.27. The molecule has 1 amide bonds. The molecular formula is C13H16N2O5. The van der Waals surface area contributed by atoms with Gasteiger partial charge in [-0.2, -0.15) is 0 Å². The normalized spacial score (nSPS) is 11.7. The summed E-state index contributed by atoms with van der Waals surface area (Å²) in [6.07, 6.45) is -0.523. The summed E-state index contributed by atoms with van der Waals surface area (Å²) in [6.45, 7) is 1.78. The molecule has 0 radical (unpaired) electrons. The fourth-order valence-electron chi connectivity index (χ4n) is 1.55. The SMILES string of the molecule is Cc1ccc(C(=O)NC(CCC(=O)O)C(=O)O)cc1N. The van der Waals surface area contributed by atoms with E-state index < -0.39 is 23.9 Å². The average Bonchev–Trinajstić information content (AvgIpc) is 2.36. The van der Waals surface area contributed by atoms with Crippen molar-refractivity contribution in [3.8, 4) is 0 Å². The Morgan fingerprint density at radius 2 is 1.95 bits per heavy atom. The summed E-state index contributed by atoms with van der Waals surface area (Å²) in [7, 11) is 0. The van der Waals surface area contributed by atoms with Crippen LogP contribution in [0.25, 0.3) is 0 Å². The molecule has 0 saturated carbocycles. The summed E-state index contributed by atoms with van der Waals surface area (Å²) >= 11 is 0. The number of aliphatic carboxylic acids is 2. The largest absolute Gasteiger partial charge is 0.481 e. The molecule has 20 heavy (non-hydrogen) atoms. The number of hydrogen-bond acceptors (Lipinski definition) is 4. The first-order valence-corrected chi connectivity index (χ1v) is 5.93. The van der Waals surface area contributed by atoms with Gasteiger partial charge in [-0.1, -0.05) is 6.07 Å². The predicted octanol–water partition coefficient (Wildman–Crippen LogP) is 0.625. The maximum Gasteiger partial charge on any atom is 0.326 e. The molecule has 0 fully saturated rings. The lowest BCUT2D eigenvalue weighted by molar-refractivity contribution is -0.140. The second kappa shape index (κ2) is 6.55. The number of nitrogen functional groups attached to an aromatic ring is 1. The summed E-state index contributed by atoms with van der Waals surface area (Å²) in [5.74, 6) is -3.00. The van der Waals surface area contributed by atoms with Crippen molar-refractivity contribution >= 4 is 23.5 Å². The van der Waals surface area contributed by atoms with E-state index in [2.05, 4.69) is 5.32 Å². The monoisotopic (exact) mass is 280 g/mol. The summed E-state index contributed by atoms with van der Waals surface area (Å²) in [5.41, 5.74) is 7.14. The van der Waals surface area contributed by atoms with E-state index in [1.165, 1.54) is 12.1 Å². The smallest absolute Gasteiger partial charge is 0.326 e. The Kier molecular flexibility index (Phi) is 5.08. The zero-order chi connectivity index (χ0) is 15.3. The number of hydrogen-bond donors (Lipinski definition) is 4. The molecule has 0 aliphatic carbocycles. The molecule has 0 aromatic heterocycles. The fourth-order valence-corrected chi connectivity index (χ4v) is 1.55. The standard InChI is InChI=1S/C13H16N2O5/c1-7-2-3-8(6-9(7)14)12(18)15-10(13(19)20)4-5-11(16)17/h2-3,6,10H,4-5,14H2,1H3,(H,15,18)(H,16,17)(H,19,20). The molecule has 0 aliphatic rings. The van der Waals surface area contributed by atoms with Crippen LogP contribution >= 0.6 is 0 Å². The first-order chi connectivity index (χ1) is 9.31. The van der Waals surface area contributed by atoms with Crippen LogP contribution in [0.15, 0.2) is 18.2 Å². The molecule has 7 nitrogen and oxygen atoms in total. The van der Waals surface area contributed by atoms with Crippen LogP contribution in [-0.4, -0.2) is 34.1 Å². The van der Waals surface area contributed by atoms with Gasteiger partial charge in [0.1, 0.15) is 6.04 Å². The van der Waals surface area contributed by atoms with Crippen LogP contribution in [0.3, 0.4) is 0 Å². The lowest BCUT2D eigenvalue weighted by Crippen LogP contribution is -2.41. The highest BCUT2D eigenvalue weighted by molar-refractivity contribution is 5.97. The summed E-state index contributed by atoms with van der Waals surface area (Å²) in [6, 6.07) is 3.37. The predicted molar refractivity (Wildman–Crippen MR) is 71.4 cm³/mol. The number of carboxylic acid groups (broad SMARTS) is 2. The van der Waals surface area contributed by atoms with Gasteiger partial charge in [0.2, 0.25) is 0 Å². The maximum absolute atomic E-state index is 11.9. The number of amides is 1. The molecule has 1 atom stereocenters. The molecule has 7 heteroatoms. The molecule has 108 valence electrons. The Balaban J connectivity index is 2.77. The molecule has 5 N–H and O–H groups in total. The molecule has 0 heterocycles. The topological polar surface area (TPSA) is 130 Å². The van der Waals surface area contributed by atoms with E-state index in [-0.39, 0.29) is 18.4 Å². The van der Waals surface area contributed by atoms with Gasteiger partial charge in [0.25, 0.3) is 5.91 Å². The van der Waals surface area contributed by atoms with E-state index in [4.69, 9.17) is 15.9 Å². The lowest BCUT2D eigenvalue weighted by Gasteiger charge is -2.14. The van der Waals surface area contributed by atoms with Gasteiger partial charge in [-0.25, -0.2) is 4.79 Å². The lowest BCUT2D eigenvalue weighted by atomic mass is 10.1. The van der Waals surface area contributed by atoms with Gasteiger partial charge in [0.15, 0.2) is 0 Å². The van der Waals surface area contributed by atoms with Crippen LogP contribution in [0.5, 0.6) is 0 Å². The van der Waals surface area contributed by atoms with Crippen LogP contribution in [0.2, 0.25) is 0 Å². The number of carbonyl (C=O) groups excluding carboxylic acids is 1.